The van der Waals surface area contributed by atoms with Gasteiger partial charge in [0, 0.05) is 6.92 Å². The number of amides is 2. The highest BCUT2D eigenvalue weighted by Crippen LogP contribution is 2.32. The first-order valence-corrected chi connectivity index (χ1v) is 13.4. The SMILES string of the molecule is CC(=O)S.CC(C)OC(=O)N=NC(=O)OC(C)C.c1ccc(P(c2ccccc2)c2ccccc2)cc1. The second-order valence-corrected chi connectivity index (χ2v) is 10.8. The number of rotatable bonds is 5. The molecule has 3 aromatic rings. The van der Waals surface area contributed by atoms with Crippen molar-refractivity contribution in [2.45, 2.75) is 46.8 Å². The molecule has 9 heteroatoms. The van der Waals surface area contributed by atoms with E-state index in [1.54, 1.807) is 27.7 Å². The van der Waals surface area contributed by atoms with Gasteiger partial charge in [0.15, 0.2) is 5.12 Å². The van der Waals surface area contributed by atoms with Crippen LogP contribution in [0.3, 0.4) is 0 Å². The third kappa shape index (κ3) is 14.7. The number of thiol groups is 1. The van der Waals surface area contributed by atoms with Gasteiger partial charge in [0.25, 0.3) is 0 Å². The molecule has 0 N–H and O–H groups in total. The van der Waals surface area contributed by atoms with Crippen LogP contribution in [0.5, 0.6) is 0 Å². The standard InChI is InChI=1S/C18H15P.C8H14N2O4.C2H4OS/c1-4-10-16(11-5-1)19(17-12-6-2-7-13-17)18-14-8-3-9-15-18;1-5(2)13-7(11)9-10-8(12)14-6(3)4;1-2(3)4/h1-15H;5-6H,1-4H3;1H3,(H,3,4). The summed E-state index contributed by atoms with van der Waals surface area (Å²) in [6.45, 7) is 8.06. The Morgan fingerprint density at radius 3 is 1.08 bits per heavy atom. The summed E-state index contributed by atoms with van der Waals surface area (Å²) in [5.74, 6) is 0. The molecule has 0 saturated heterocycles. The highest BCUT2D eigenvalue weighted by Gasteiger charge is 2.15. The zero-order valence-electron chi connectivity index (χ0n) is 21.6. The van der Waals surface area contributed by atoms with Gasteiger partial charge in [-0.2, -0.15) is 0 Å². The van der Waals surface area contributed by atoms with E-state index in [0.29, 0.717) is 0 Å². The summed E-state index contributed by atoms with van der Waals surface area (Å²) in [5, 5.41) is 10.1. The monoisotopic (exact) mass is 540 g/mol. The molecule has 37 heavy (non-hydrogen) atoms. The van der Waals surface area contributed by atoms with Crippen molar-refractivity contribution in [2.24, 2.45) is 10.2 Å². The van der Waals surface area contributed by atoms with Gasteiger partial charge in [0.05, 0.1) is 12.2 Å². The molecule has 196 valence electrons. The average Bonchev–Trinajstić information content (AvgIpc) is 2.84. The van der Waals surface area contributed by atoms with Gasteiger partial charge in [-0.25, -0.2) is 9.59 Å². The van der Waals surface area contributed by atoms with Crippen LogP contribution < -0.4 is 15.9 Å². The van der Waals surface area contributed by atoms with Gasteiger partial charge >= 0.3 is 12.2 Å². The molecule has 0 saturated carbocycles. The second-order valence-electron chi connectivity index (χ2n) is 7.93. The fourth-order valence-corrected chi connectivity index (χ4v) is 5.02. The van der Waals surface area contributed by atoms with Crippen molar-refractivity contribution in [2.75, 3.05) is 0 Å². The van der Waals surface area contributed by atoms with Crippen LogP contribution in [0, 0.1) is 0 Å². The fourth-order valence-electron chi connectivity index (χ4n) is 2.71. The van der Waals surface area contributed by atoms with Gasteiger partial charge in [-0.3, -0.25) is 4.79 Å². The fraction of sp³-hybridized carbons (Fsp3) is 0.250. The van der Waals surface area contributed by atoms with Gasteiger partial charge in [0.2, 0.25) is 0 Å². The van der Waals surface area contributed by atoms with Crippen molar-refractivity contribution in [3.8, 4) is 0 Å². The van der Waals surface area contributed by atoms with E-state index in [0.717, 1.165) is 0 Å². The summed E-state index contributed by atoms with van der Waals surface area (Å²) in [6, 6.07) is 32.3. The molecule has 0 heterocycles. The first kappa shape index (κ1) is 31.7. The van der Waals surface area contributed by atoms with Gasteiger partial charge < -0.3 is 9.47 Å². The quantitative estimate of drug-likeness (QED) is 0.228. The molecule has 2 amide bonds. The van der Waals surface area contributed by atoms with Crippen molar-refractivity contribution < 1.29 is 23.9 Å². The molecule has 0 atom stereocenters. The first-order valence-electron chi connectivity index (χ1n) is 11.6. The van der Waals surface area contributed by atoms with E-state index in [1.165, 1.54) is 22.8 Å². The maximum Gasteiger partial charge on any atom is 0.452 e. The lowest BCUT2D eigenvalue weighted by Gasteiger charge is -2.18. The van der Waals surface area contributed by atoms with Crippen LogP contribution in [0.15, 0.2) is 101 Å². The number of carbonyl (C=O) groups excluding carboxylic acids is 3. The molecule has 0 unspecified atom stereocenters. The number of nitrogens with zero attached hydrogens (tertiary/aromatic N) is 2. The molecule has 0 aromatic heterocycles. The third-order valence-corrected chi connectivity index (χ3v) is 6.37. The first-order chi connectivity index (χ1) is 17.6. The molecule has 0 bridgehead atoms. The maximum absolute atomic E-state index is 10.8. The van der Waals surface area contributed by atoms with Crippen LogP contribution >= 0.6 is 20.6 Å². The molecular weight excluding hydrogens is 507 g/mol. The smallest absolute Gasteiger partial charge is 0.444 e. The summed E-state index contributed by atoms with van der Waals surface area (Å²) in [5.41, 5.74) is 0. The Balaban J connectivity index is 0.000000337. The molecule has 0 spiro atoms. The molecule has 0 fully saturated rings. The molecule has 0 radical (unpaired) electrons. The van der Waals surface area contributed by atoms with E-state index < -0.39 is 20.1 Å². The largest absolute Gasteiger partial charge is 0.452 e. The van der Waals surface area contributed by atoms with Crippen molar-refractivity contribution in [3.63, 3.8) is 0 Å². The highest BCUT2D eigenvalue weighted by atomic mass is 32.1. The molecule has 0 aliphatic carbocycles. The van der Waals surface area contributed by atoms with E-state index >= 15 is 0 Å². The Labute approximate surface area is 225 Å². The molecule has 3 aromatic carbocycles. The third-order valence-electron chi connectivity index (χ3n) is 3.93. The molecular formula is C28H33N2O5PS. The zero-order valence-corrected chi connectivity index (χ0v) is 23.4. The summed E-state index contributed by atoms with van der Waals surface area (Å²) >= 11 is 3.33. The van der Waals surface area contributed by atoms with Crippen molar-refractivity contribution in [3.05, 3.63) is 91.0 Å². The van der Waals surface area contributed by atoms with Crippen LogP contribution in [0.4, 0.5) is 9.59 Å². The van der Waals surface area contributed by atoms with Crippen molar-refractivity contribution >= 4 is 53.8 Å². The number of ether oxygens (including phenoxy) is 2. The predicted molar refractivity (Wildman–Crippen MR) is 153 cm³/mol. The maximum atomic E-state index is 10.8. The average molecular weight is 541 g/mol. The number of hydrogen-bond donors (Lipinski definition) is 1. The topological polar surface area (TPSA) is 94.4 Å². The van der Waals surface area contributed by atoms with E-state index in [4.69, 9.17) is 0 Å². The summed E-state index contributed by atoms with van der Waals surface area (Å²) in [6.07, 6.45) is -2.38. The number of benzene rings is 3. The number of azo groups is 1. The summed E-state index contributed by atoms with van der Waals surface area (Å²) < 4.78 is 9.20. The molecule has 0 aliphatic heterocycles. The Hall–Kier alpha value is -3.35. The lowest BCUT2D eigenvalue weighted by molar-refractivity contribution is -0.108. The molecule has 3 rings (SSSR count). The Bertz CT molecular complexity index is 989. The Morgan fingerprint density at radius 1 is 0.622 bits per heavy atom. The lowest BCUT2D eigenvalue weighted by atomic mass is 10.4. The summed E-state index contributed by atoms with van der Waals surface area (Å²) in [7, 11) is -0.446. The lowest BCUT2D eigenvalue weighted by Crippen LogP contribution is -2.20. The minimum Gasteiger partial charge on any atom is -0.444 e. The normalized spacial score (nSPS) is 10.3. The Kier molecular flexibility index (Phi) is 15.4. The number of carbonyl (C=O) groups is 3. The van der Waals surface area contributed by atoms with Crippen LogP contribution in [-0.2, 0) is 14.3 Å². The second kappa shape index (κ2) is 18.0. The van der Waals surface area contributed by atoms with E-state index in [9.17, 15) is 14.4 Å². The van der Waals surface area contributed by atoms with Crippen molar-refractivity contribution in [1.82, 2.24) is 0 Å². The van der Waals surface area contributed by atoms with Gasteiger partial charge in [-0.1, -0.05) is 101 Å². The highest BCUT2D eigenvalue weighted by molar-refractivity contribution is 7.96. The van der Waals surface area contributed by atoms with E-state index in [2.05, 4.69) is 123 Å². The van der Waals surface area contributed by atoms with Crippen LogP contribution in [0.25, 0.3) is 0 Å². The van der Waals surface area contributed by atoms with Gasteiger partial charge in [0.1, 0.15) is 0 Å². The van der Waals surface area contributed by atoms with Gasteiger partial charge in [-0.05, 0) is 51.5 Å². The minimum absolute atomic E-state index is 0.139. The molecule has 0 aliphatic rings. The zero-order chi connectivity index (χ0) is 27.6. The van der Waals surface area contributed by atoms with E-state index in [1.807, 2.05) is 0 Å². The van der Waals surface area contributed by atoms with Crippen LogP contribution in [-0.4, -0.2) is 29.5 Å². The molecule has 7 nitrogen and oxygen atoms in total. The summed E-state index contributed by atoms with van der Waals surface area (Å²) in [4.78, 5) is 30.8. The van der Waals surface area contributed by atoms with E-state index in [-0.39, 0.29) is 17.3 Å². The van der Waals surface area contributed by atoms with Crippen molar-refractivity contribution in [1.29, 1.82) is 0 Å². The number of hydrogen-bond acceptors (Lipinski definition) is 5. The van der Waals surface area contributed by atoms with Crippen LogP contribution in [0.1, 0.15) is 34.6 Å². The predicted octanol–water partition coefficient (Wildman–Crippen LogP) is 6.44. The Morgan fingerprint density at radius 2 is 0.865 bits per heavy atom. The van der Waals surface area contributed by atoms with Crippen LogP contribution in [0.2, 0.25) is 0 Å². The minimum atomic E-state index is -0.902. The van der Waals surface area contributed by atoms with Gasteiger partial charge in [-0.15, -0.1) is 12.6 Å².